The molecule has 0 heterocycles. The fourth-order valence-corrected chi connectivity index (χ4v) is 1.08. The van der Waals surface area contributed by atoms with Crippen molar-refractivity contribution in [1.82, 2.24) is 0 Å². The van der Waals surface area contributed by atoms with Crippen molar-refractivity contribution in [2.45, 2.75) is 13.0 Å². The number of hydrogen-bond acceptors (Lipinski definition) is 3. The van der Waals surface area contributed by atoms with Crippen molar-refractivity contribution < 1.29 is 9.90 Å². The summed E-state index contributed by atoms with van der Waals surface area (Å²) in [5.74, 6) is -0.558. The summed E-state index contributed by atoms with van der Waals surface area (Å²) in [5, 5.41) is 9.42. The third-order valence-corrected chi connectivity index (χ3v) is 1.81. The van der Waals surface area contributed by atoms with Crippen LogP contribution in [0.15, 0.2) is 18.2 Å². The Bertz CT molecular complexity index is 334. The lowest BCUT2D eigenvalue weighted by Gasteiger charge is -2.08. The van der Waals surface area contributed by atoms with Crippen molar-refractivity contribution in [2.75, 3.05) is 0 Å². The van der Waals surface area contributed by atoms with Crippen LogP contribution in [-0.2, 0) is 0 Å². The van der Waals surface area contributed by atoms with Gasteiger partial charge < -0.3 is 16.6 Å². The van der Waals surface area contributed by atoms with E-state index >= 15 is 0 Å². The lowest BCUT2D eigenvalue weighted by Crippen LogP contribution is -2.12. The number of hydrogen-bond donors (Lipinski definition) is 3. The minimum atomic E-state index is -0.563. The summed E-state index contributed by atoms with van der Waals surface area (Å²) in [6.07, 6.45) is 0. The van der Waals surface area contributed by atoms with Gasteiger partial charge in [0.15, 0.2) is 0 Å². The maximum Gasteiger partial charge on any atom is 0.248 e. The molecule has 0 aliphatic carbocycles. The molecule has 0 aliphatic rings. The van der Waals surface area contributed by atoms with Crippen molar-refractivity contribution in [2.24, 2.45) is 11.5 Å². The number of carbonyl (C=O) groups excluding carboxylic acids is 1. The van der Waals surface area contributed by atoms with Crippen LogP contribution in [0.2, 0.25) is 0 Å². The molecule has 0 saturated carbocycles. The number of aromatic hydroxyl groups is 1. The number of phenols is 1. The van der Waals surface area contributed by atoms with Crippen LogP contribution >= 0.6 is 0 Å². The average molecular weight is 180 g/mol. The van der Waals surface area contributed by atoms with E-state index in [0.29, 0.717) is 5.56 Å². The van der Waals surface area contributed by atoms with Gasteiger partial charge in [0.2, 0.25) is 5.91 Å². The first kappa shape index (κ1) is 9.54. The van der Waals surface area contributed by atoms with E-state index < -0.39 is 5.91 Å². The average Bonchev–Trinajstić information content (AvgIpc) is 2.03. The third-order valence-electron chi connectivity index (χ3n) is 1.81. The SMILES string of the molecule is CC(N)c1ccc(C(N)=O)cc1O. The third kappa shape index (κ3) is 1.97. The zero-order chi connectivity index (χ0) is 10.0. The van der Waals surface area contributed by atoms with Gasteiger partial charge in [-0.3, -0.25) is 4.79 Å². The number of rotatable bonds is 2. The predicted octanol–water partition coefficient (Wildman–Crippen LogP) is 0.511. The molecule has 0 spiro atoms. The standard InChI is InChI=1S/C9H12N2O2/c1-5(10)7-3-2-6(9(11)13)4-8(7)12/h2-5,12H,10H2,1H3,(H2,11,13). The molecule has 4 heteroatoms. The van der Waals surface area contributed by atoms with E-state index in [1.807, 2.05) is 0 Å². The molecule has 0 aromatic heterocycles. The van der Waals surface area contributed by atoms with Crippen molar-refractivity contribution in [3.8, 4) is 5.75 Å². The van der Waals surface area contributed by atoms with Gasteiger partial charge in [-0.1, -0.05) is 6.07 Å². The van der Waals surface area contributed by atoms with Gasteiger partial charge in [-0.2, -0.15) is 0 Å². The van der Waals surface area contributed by atoms with Crippen LogP contribution in [0.1, 0.15) is 28.9 Å². The molecule has 1 rings (SSSR count). The number of benzene rings is 1. The minimum Gasteiger partial charge on any atom is -0.508 e. The Morgan fingerprint density at radius 2 is 2.15 bits per heavy atom. The smallest absolute Gasteiger partial charge is 0.248 e. The molecule has 0 fully saturated rings. The summed E-state index contributed by atoms with van der Waals surface area (Å²) in [6.45, 7) is 1.75. The largest absolute Gasteiger partial charge is 0.508 e. The molecule has 5 N–H and O–H groups in total. The van der Waals surface area contributed by atoms with E-state index in [1.54, 1.807) is 19.1 Å². The van der Waals surface area contributed by atoms with Crippen molar-refractivity contribution in [3.05, 3.63) is 29.3 Å². The Hall–Kier alpha value is -1.55. The highest BCUT2D eigenvalue weighted by atomic mass is 16.3. The van der Waals surface area contributed by atoms with Gasteiger partial charge in [-0.15, -0.1) is 0 Å². The maximum absolute atomic E-state index is 10.7. The molecule has 0 aliphatic heterocycles. The quantitative estimate of drug-likeness (QED) is 0.619. The number of carbonyl (C=O) groups is 1. The molecule has 1 aromatic rings. The molecule has 0 bridgehead atoms. The van der Waals surface area contributed by atoms with Crippen LogP contribution in [0.4, 0.5) is 0 Å². The Labute approximate surface area is 76.2 Å². The summed E-state index contributed by atoms with van der Waals surface area (Å²) in [6, 6.07) is 4.20. The molecule has 1 unspecified atom stereocenters. The van der Waals surface area contributed by atoms with Crippen molar-refractivity contribution in [1.29, 1.82) is 0 Å². The second-order valence-corrected chi connectivity index (χ2v) is 2.93. The molecule has 1 amide bonds. The Kier molecular flexibility index (Phi) is 2.53. The van der Waals surface area contributed by atoms with Crippen LogP contribution in [0, 0.1) is 0 Å². The van der Waals surface area contributed by atoms with E-state index in [-0.39, 0.29) is 17.4 Å². The summed E-state index contributed by atoms with van der Waals surface area (Å²) < 4.78 is 0. The van der Waals surface area contributed by atoms with E-state index in [1.165, 1.54) is 6.07 Å². The van der Waals surface area contributed by atoms with E-state index in [0.717, 1.165) is 0 Å². The topological polar surface area (TPSA) is 89.3 Å². The van der Waals surface area contributed by atoms with Crippen molar-refractivity contribution in [3.63, 3.8) is 0 Å². The summed E-state index contributed by atoms with van der Waals surface area (Å²) in [5.41, 5.74) is 11.5. The van der Waals surface area contributed by atoms with Crippen molar-refractivity contribution >= 4 is 5.91 Å². The van der Waals surface area contributed by atoms with Crippen LogP contribution in [-0.4, -0.2) is 11.0 Å². The number of amides is 1. The van der Waals surface area contributed by atoms with Gasteiger partial charge in [-0.05, 0) is 19.1 Å². The predicted molar refractivity (Wildman–Crippen MR) is 49.2 cm³/mol. The lowest BCUT2D eigenvalue weighted by molar-refractivity contribution is 0.1000. The summed E-state index contributed by atoms with van der Waals surface area (Å²) >= 11 is 0. The van der Waals surface area contributed by atoms with Gasteiger partial charge in [0.1, 0.15) is 5.75 Å². The summed E-state index contributed by atoms with van der Waals surface area (Å²) in [4.78, 5) is 10.7. The highest BCUT2D eigenvalue weighted by molar-refractivity contribution is 5.93. The number of nitrogens with two attached hydrogens (primary N) is 2. The molecular weight excluding hydrogens is 168 g/mol. The van der Waals surface area contributed by atoms with Gasteiger partial charge in [0, 0.05) is 17.2 Å². The van der Waals surface area contributed by atoms with E-state index in [9.17, 15) is 9.90 Å². The monoisotopic (exact) mass is 180 g/mol. The van der Waals surface area contributed by atoms with Gasteiger partial charge in [-0.25, -0.2) is 0 Å². The maximum atomic E-state index is 10.7. The minimum absolute atomic E-state index is 0.00583. The van der Waals surface area contributed by atoms with Crippen LogP contribution < -0.4 is 11.5 Å². The zero-order valence-corrected chi connectivity index (χ0v) is 7.32. The van der Waals surface area contributed by atoms with E-state index in [2.05, 4.69) is 0 Å². The highest BCUT2D eigenvalue weighted by Gasteiger charge is 2.08. The molecule has 1 atom stereocenters. The first-order chi connectivity index (χ1) is 6.02. The Morgan fingerprint density at radius 1 is 1.54 bits per heavy atom. The zero-order valence-electron chi connectivity index (χ0n) is 7.32. The number of phenolic OH excluding ortho intramolecular Hbond substituents is 1. The molecule has 13 heavy (non-hydrogen) atoms. The molecule has 70 valence electrons. The fourth-order valence-electron chi connectivity index (χ4n) is 1.08. The summed E-state index contributed by atoms with van der Waals surface area (Å²) in [7, 11) is 0. The normalized spacial score (nSPS) is 12.5. The van der Waals surface area contributed by atoms with E-state index in [4.69, 9.17) is 11.5 Å². The van der Waals surface area contributed by atoms with Gasteiger partial charge in [0.05, 0.1) is 0 Å². The van der Waals surface area contributed by atoms with Crippen LogP contribution in [0.3, 0.4) is 0 Å². The first-order valence-electron chi connectivity index (χ1n) is 3.90. The molecule has 4 nitrogen and oxygen atoms in total. The molecular formula is C9H12N2O2. The molecule has 0 saturated heterocycles. The van der Waals surface area contributed by atoms with Gasteiger partial charge in [0.25, 0.3) is 0 Å². The first-order valence-corrected chi connectivity index (χ1v) is 3.90. The van der Waals surface area contributed by atoms with Crippen LogP contribution in [0.5, 0.6) is 5.75 Å². The number of primary amides is 1. The van der Waals surface area contributed by atoms with Crippen LogP contribution in [0.25, 0.3) is 0 Å². The van der Waals surface area contributed by atoms with Gasteiger partial charge >= 0.3 is 0 Å². The Morgan fingerprint density at radius 3 is 2.54 bits per heavy atom. The fraction of sp³-hybridized carbons (Fsp3) is 0.222. The second kappa shape index (κ2) is 3.45. The highest BCUT2D eigenvalue weighted by Crippen LogP contribution is 2.23. The Balaban J connectivity index is 3.13. The molecule has 0 radical (unpaired) electrons. The lowest BCUT2D eigenvalue weighted by atomic mass is 10.1. The molecule has 1 aromatic carbocycles. The second-order valence-electron chi connectivity index (χ2n) is 2.93.